The molecule has 1 fully saturated rings. The Hall–Kier alpha value is -3.22. The van der Waals surface area contributed by atoms with Gasteiger partial charge in [-0.25, -0.2) is 19.7 Å². The van der Waals surface area contributed by atoms with Crippen molar-refractivity contribution >= 4 is 11.3 Å². The second-order valence-corrected chi connectivity index (χ2v) is 7.52. The van der Waals surface area contributed by atoms with Crippen LogP contribution in [-0.4, -0.2) is 29.9 Å². The highest BCUT2D eigenvalue weighted by molar-refractivity contribution is 5.73. The first-order valence-electron chi connectivity index (χ1n) is 9.85. The van der Waals surface area contributed by atoms with E-state index in [-0.39, 0.29) is 5.69 Å². The Morgan fingerprint density at radius 1 is 0.929 bits per heavy atom. The lowest BCUT2D eigenvalue weighted by Crippen LogP contribution is -2.12. The highest BCUT2D eigenvalue weighted by Crippen LogP contribution is 2.31. The lowest BCUT2D eigenvalue weighted by molar-refractivity contribution is 0.354. The van der Waals surface area contributed by atoms with Gasteiger partial charge in [0.25, 0.3) is 0 Å². The summed E-state index contributed by atoms with van der Waals surface area (Å²) in [5.74, 6) is 1.47. The van der Waals surface area contributed by atoms with E-state index in [1.165, 1.54) is 32.1 Å². The summed E-state index contributed by atoms with van der Waals surface area (Å²) in [6.45, 7) is 0. The number of benzene rings is 1. The third-order valence-electron chi connectivity index (χ3n) is 5.57. The molecule has 0 radical (unpaired) electrons. The van der Waals surface area contributed by atoms with Crippen molar-refractivity contribution in [2.45, 2.75) is 38.5 Å². The third kappa shape index (κ3) is 3.24. The van der Waals surface area contributed by atoms with Gasteiger partial charge >= 0.3 is 5.69 Å². The standard InChI is InChI=1S/C21H22N6O/c28-21-26-19-20(27-21)25-17(16(24-19)12-13-4-2-1-3-5-13)14-6-8-15(9-7-14)18-22-10-11-23-18/h6-11,13H,1-5,12H2,(H,22,23)(H2,24,25,26,27,28). The smallest absolute Gasteiger partial charge is 0.326 e. The molecule has 0 bridgehead atoms. The van der Waals surface area contributed by atoms with Crippen molar-refractivity contribution in [3.8, 4) is 22.6 Å². The van der Waals surface area contributed by atoms with Gasteiger partial charge in [0.1, 0.15) is 5.82 Å². The first kappa shape index (κ1) is 16.9. The van der Waals surface area contributed by atoms with Crippen LogP contribution in [-0.2, 0) is 6.42 Å². The van der Waals surface area contributed by atoms with Crippen LogP contribution in [0.25, 0.3) is 33.9 Å². The highest BCUT2D eigenvalue weighted by Gasteiger charge is 2.19. The van der Waals surface area contributed by atoms with Gasteiger partial charge in [-0.3, -0.25) is 9.97 Å². The zero-order chi connectivity index (χ0) is 18.9. The van der Waals surface area contributed by atoms with Gasteiger partial charge in [0.2, 0.25) is 0 Å². The molecule has 3 heterocycles. The summed E-state index contributed by atoms with van der Waals surface area (Å²) in [5, 5.41) is 0. The summed E-state index contributed by atoms with van der Waals surface area (Å²) in [6.07, 6.45) is 10.8. The lowest BCUT2D eigenvalue weighted by Gasteiger charge is -2.22. The molecule has 4 aromatic rings. The maximum absolute atomic E-state index is 11.7. The molecule has 0 atom stereocenters. The van der Waals surface area contributed by atoms with Crippen molar-refractivity contribution in [2.24, 2.45) is 5.92 Å². The highest BCUT2D eigenvalue weighted by atomic mass is 16.1. The zero-order valence-corrected chi connectivity index (χ0v) is 15.5. The summed E-state index contributed by atoms with van der Waals surface area (Å²) >= 11 is 0. The summed E-state index contributed by atoms with van der Waals surface area (Å²) in [6, 6.07) is 8.15. The van der Waals surface area contributed by atoms with Crippen molar-refractivity contribution in [2.75, 3.05) is 0 Å². The number of aromatic amines is 3. The number of aromatic nitrogens is 6. The Labute approximate surface area is 161 Å². The van der Waals surface area contributed by atoms with Crippen LogP contribution in [0, 0.1) is 5.92 Å². The van der Waals surface area contributed by atoms with Gasteiger partial charge in [-0.2, -0.15) is 0 Å². The Morgan fingerprint density at radius 2 is 1.64 bits per heavy atom. The molecule has 0 aliphatic heterocycles. The molecule has 0 saturated heterocycles. The fraction of sp³-hybridized carbons (Fsp3) is 0.333. The monoisotopic (exact) mass is 374 g/mol. The van der Waals surface area contributed by atoms with E-state index < -0.39 is 0 Å². The summed E-state index contributed by atoms with van der Waals surface area (Å²) in [5.41, 5.74) is 4.59. The van der Waals surface area contributed by atoms with Gasteiger partial charge in [0.05, 0.1) is 11.4 Å². The number of hydrogen-bond donors (Lipinski definition) is 3. The number of rotatable bonds is 4. The number of hydrogen-bond acceptors (Lipinski definition) is 4. The topological polar surface area (TPSA) is 103 Å². The van der Waals surface area contributed by atoms with E-state index in [1.54, 1.807) is 6.20 Å². The maximum Gasteiger partial charge on any atom is 0.326 e. The Kier molecular flexibility index (Phi) is 4.27. The number of imidazole rings is 2. The predicted molar refractivity (Wildman–Crippen MR) is 108 cm³/mol. The van der Waals surface area contributed by atoms with Crippen LogP contribution in [0.4, 0.5) is 0 Å². The van der Waals surface area contributed by atoms with Gasteiger partial charge < -0.3 is 4.98 Å². The molecule has 28 heavy (non-hydrogen) atoms. The number of nitrogens with zero attached hydrogens (tertiary/aromatic N) is 3. The second-order valence-electron chi connectivity index (χ2n) is 7.52. The van der Waals surface area contributed by atoms with E-state index >= 15 is 0 Å². The SMILES string of the molecule is O=c1[nH]c2nc(CC3CCCCC3)c(-c3ccc(-c4ncc[nH]4)cc3)nc2[nH]1. The summed E-state index contributed by atoms with van der Waals surface area (Å²) in [7, 11) is 0. The molecule has 1 aliphatic carbocycles. The molecule has 7 heteroatoms. The molecule has 3 N–H and O–H groups in total. The minimum atomic E-state index is -0.274. The minimum Gasteiger partial charge on any atom is -0.345 e. The van der Waals surface area contributed by atoms with E-state index in [9.17, 15) is 4.79 Å². The number of H-pyrrole nitrogens is 3. The Balaban J connectivity index is 1.56. The van der Waals surface area contributed by atoms with Crippen LogP contribution in [0.3, 0.4) is 0 Å². The van der Waals surface area contributed by atoms with E-state index in [0.29, 0.717) is 17.2 Å². The molecule has 1 aliphatic rings. The normalized spacial score (nSPS) is 15.3. The number of fused-ring (bicyclic) bond motifs is 1. The van der Waals surface area contributed by atoms with Gasteiger partial charge in [0, 0.05) is 23.5 Å². The van der Waals surface area contributed by atoms with E-state index in [2.05, 4.69) is 19.9 Å². The first-order valence-corrected chi connectivity index (χ1v) is 9.85. The van der Waals surface area contributed by atoms with Crippen molar-refractivity contribution in [3.63, 3.8) is 0 Å². The molecule has 7 nitrogen and oxygen atoms in total. The van der Waals surface area contributed by atoms with E-state index in [1.807, 2.05) is 30.5 Å². The maximum atomic E-state index is 11.7. The molecule has 3 aromatic heterocycles. The molecular weight excluding hydrogens is 352 g/mol. The van der Waals surface area contributed by atoms with Crippen LogP contribution in [0.5, 0.6) is 0 Å². The lowest BCUT2D eigenvalue weighted by atomic mass is 9.85. The molecule has 1 aromatic carbocycles. The summed E-state index contributed by atoms with van der Waals surface area (Å²) in [4.78, 5) is 34.1. The summed E-state index contributed by atoms with van der Waals surface area (Å²) < 4.78 is 0. The van der Waals surface area contributed by atoms with Crippen molar-refractivity contribution in [1.29, 1.82) is 0 Å². The van der Waals surface area contributed by atoms with E-state index in [0.717, 1.165) is 34.8 Å². The molecule has 1 saturated carbocycles. The van der Waals surface area contributed by atoms with Crippen LogP contribution in [0.15, 0.2) is 41.5 Å². The molecule has 0 spiro atoms. The predicted octanol–water partition coefficient (Wildman–Crippen LogP) is 3.83. The Morgan fingerprint density at radius 3 is 2.36 bits per heavy atom. The van der Waals surface area contributed by atoms with Gasteiger partial charge in [0.15, 0.2) is 11.3 Å². The van der Waals surface area contributed by atoms with Crippen LogP contribution < -0.4 is 5.69 Å². The van der Waals surface area contributed by atoms with E-state index in [4.69, 9.17) is 9.97 Å². The quantitative estimate of drug-likeness (QED) is 0.505. The first-order chi connectivity index (χ1) is 13.8. The second kappa shape index (κ2) is 7.07. The van der Waals surface area contributed by atoms with Gasteiger partial charge in [-0.05, 0) is 12.3 Å². The average molecular weight is 374 g/mol. The molecule has 5 rings (SSSR count). The fourth-order valence-electron chi connectivity index (χ4n) is 4.14. The molecular formula is C21H22N6O. The van der Waals surface area contributed by atoms with Crippen LogP contribution >= 0.6 is 0 Å². The third-order valence-corrected chi connectivity index (χ3v) is 5.57. The molecule has 142 valence electrons. The van der Waals surface area contributed by atoms with Gasteiger partial charge in [-0.1, -0.05) is 56.4 Å². The minimum absolute atomic E-state index is 0.274. The van der Waals surface area contributed by atoms with Crippen LogP contribution in [0.2, 0.25) is 0 Å². The number of nitrogens with one attached hydrogen (secondary N) is 3. The zero-order valence-electron chi connectivity index (χ0n) is 15.5. The molecule has 0 amide bonds. The van der Waals surface area contributed by atoms with Crippen molar-refractivity contribution < 1.29 is 0 Å². The van der Waals surface area contributed by atoms with Crippen molar-refractivity contribution in [1.82, 2.24) is 29.9 Å². The molecule has 0 unspecified atom stereocenters. The van der Waals surface area contributed by atoms with Crippen LogP contribution in [0.1, 0.15) is 37.8 Å². The van der Waals surface area contributed by atoms with Gasteiger partial charge in [-0.15, -0.1) is 0 Å². The van der Waals surface area contributed by atoms with Crippen molar-refractivity contribution in [3.05, 3.63) is 52.8 Å². The fourth-order valence-corrected chi connectivity index (χ4v) is 4.14. The average Bonchev–Trinajstić information content (AvgIpc) is 3.37. The Bertz CT molecular complexity index is 1130. The largest absolute Gasteiger partial charge is 0.345 e.